The summed E-state index contributed by atoms with van der Waals surface area (Å²) in [6, 6.07) is 24.5. The van der Waals surface area contributed by atoms with Crippen LogP contribution in [0, 0.1) is 0 Å². The fourth-order valence-electron chi connectivity index (χ4n) is 4.47. The van der Waals surface area contributed by atoms with Crippen LogP contribution in [0.25, 0.3) is 28.7 Å². The monoisotopic (exact) mass is 562 g/mol. The third-order valence-corrected chi connectivity index (χ3v) is 8.94. The van der Waals surface area contributed by atoms with E-state index < -0.39 is 10.0 Å². The molecule has 2 N–H and O–H groups in total. The molecule has 9 heteroatoms. The van der Waals surface area contributed by atoms with E-state index in [2.05, 4.69) is 24.3 Å². The highest BCUT2D eigenvalue weighted by Crippen LogP contribution is 2.41. The van der Waals surface area contributed by atoms with Crippen LogP contribution in [-0.2, 0) is 25.9 Å². The number of hydrogen-bond acceptors (Lipinski definition) is 7. The first-order valence-corrected chi connectivity index (χ1v) is 15.0. The lowest BCUT2D eigenvalue weighted by atomic mass is 10.1. The summed E-state index contributed by atoms with van der Waals surface area (Å²) in [6.45, 7) is 1.42. The number of sulfonamides is 1. The lowest BCUT2D eigenvalue weighted by Crippen LogP contribution is -2.34. The van der Waals surface area contributed by atoms with Gasteiger partial charge in [-0.2, -0.15) is 0 Å². The van der Waals surface area contributed by atoms with Gasteiger partial charge in [0.25, 0.3) is 0 Å². The fourth-order valence-corrected chi connectivity index (χ4v) is 6.22. The van der Waals surface area contributed by atoms with Gasteiger partial charge >= 0.3 is 0 Å². The molecule has 4 aromatic rings. The molecule has 7 nitrogen and oxygen atoms in total. The molecule has 202 valence electrons. The van der Waals surface area contributed by atoms with E-state index in [1.165, 1.54) is 17.7 Å². The average Bonchev–Trinajstić information content (AvgIpc) is 3.38. The molecule has 1 fully saturated rings. The van der Waals surface area contributed by atoms with Crippen molar-refractivity contribution in [2.24, 2.45) is 5.14 Å². The summed E-state index contributed by atoms with van der Waals surface area (Å²) in [4.78, 5) is 5.70. The normalized spacial score (nSPS) is 15.5. The van der Waals surface area contributed by atoms with Crippen molar-refractivity contribution in [3.63, 3.8) is 0 Å². The van der Waals surface area contributed by atoms with Crippen molar-refractivity contribution in [2.45, 2.75) is 34.0 Å². The molecule has 0 amide bonds. The molecule has 0 atom stereocenters. The summed E-state index contributed by atoms with van der Waals surface area (Å²) in [5.41, 5.74) is 3.45. The number of thioether (sulfide) groups is 1. The van der Waals surface area contributed by atoms with Crippen molar-refractivity contribution in [2.75, 3.05) is 20.3 Å². The number of methoxy groups -OCH3 is 1. The van der Waals surface area contributed by atoms with E-state index in [1.54, 1.807) is 31.0 Å². The summed E-state index contributed by atoms with van der Waals surface area (Å²) in [5.74, 6) is 1.02. The van der Waals surface area contributed by atoms with Crippen LogP contribution in [0.4, 0.5) is 0 Å². The fraction of sp³-hybridized carbons (Fsp3) is 0.233. The summed E-state index contributed by atoms with van der Waals surface area (Å²) < 4.78 is 40.9. The van der Waals surface area contributed by atoms with E-state index in [0.717, 1.165) is 23.3 Å². The van der Waals surface area contributed by atoms with Gasteiger partial charge in [-0.15, -0.1) is 0 Å². The maximum Gasteiger partial charge on any atom is 0.238 e. The van der Waals surface area contributed by atoms with Gasteiger partial charge in [-0.1, -0.05) is 60.3 Å². The number of ether oxygens (including phenoxy) is 2. The Hall–Kier alpha value is -3.21. The predicted molar refractivity (Wildman–Crippen MR) is 154 cm³/mol. The first-order chi connectivity index (χ1) is 18.9. The molecule has 1 aromatic heterocycles. The van der Waals surface area contributed by atoms with Crippen molar-refractivity contribution < 1.29 is 22.3 Å². The molecule has 0 saturated carbocycles. The van der Waals surface area contributed by atoms with Gasteiger partial charge in [0, 0.05) is 36.0 Å². The summed E-state index contributed by atoms with van der Waals surface area (Å²) in [6.07, 6.45) is 6.32. The predicted octanol–water partition coefficient (Wildman–Crippen LogP) is 6.16. The maximum absolute atomic E-state index is 11.7. The summed E-state index contributed by atoms with van der Waals surface area (Å²) >= 11 is 1.76. The van der Waals surface area contributed by atoms with Crippen molar-refractivity contribution in [3.05, 3.63) is 96.4 Å². The Labute approximate surface area is 233 Å². The van der Waals surface area contributed by atoms with Gasteiger partial charge in [0.15, 0.2) is 5.76 Å². The number of benzene rings is 3. The molecular formula is C30H30N2O5S2. The number of nitrogens with two attached hydrogens (primary N) is 1. The Morgan fingerprint density at radius 3 is 2.44 bits per heavy atom. The smallest absolute Gasteiger partial charge is 0.238 e. The molecular weight excluding hydrogens is 532 g/mol. The van der Waals surface area contributed by atoms with Gasteiger partial charge in [-0.3, -0.25) is 0 Å². The van der Waals surface area contributed by atoms with Crippen LogP contribution in [0.15, 0.2) is 99.1 Å². The summed E-state index contributed by atoms with van der Waals surface area (Å²) in [7, 11) is -2.01. The van der Waals surface area contributed by atoms with Gasteiger partial charge in [0.2, 0.25) is 15.9 Å². The minimum Gasteiger partial charge on any atom is -0.436 e. The van der Waals surface area contributed by atoms with Crippen LogP contribution in [-0.4, -0.2) is 38.7 Å². The number of hydrogen-bond donors (Lipinski definition) is 1. The van der Waals surface area contributed by atoms with Gasteiger partial charge < -0.3 is 13.9 Å². The number of oxazole rings is 1. The Balaban J connectivity index is 1.36. The van der Waals surface area contributed by atoms with Gasteiger partial charge in [0.05, 0.1) is 18.1 Å². The van der Waals surface area contributed by atoms with E-state index in [9.17, 15) is 8.42 Å². The van der Waals surface area contributed by atoms with Crippen LogP contribution in [0.3, 0.4) is 0 Å². The lowest BCUT2D eigenvalue weighted by molar-refractivity contribution is -0.0314. The van der Waals surface area contributed by atoms with E-state index in [1.807, 2.05) is 42.5 Å². The Morgan fingerprint density at radius 1 is 1.00 bits per heavy atom. The molecule has 1 saturated heterocycles. The highest BCUT2D eigenvalue weighted by Gasteiger charge is 2.33. The molecule has 0 unspecified atom stereocenters. The highest BCUT2D eigenvalue weighted by atomic mass is 32.2. The number of primary sulfonamides is 1. The van der Waals surface area contributed by atoms with Crippen molar-refractivity contribution >= 4 is 27.9 Å². The van der Waals surface area contributed by atoms with Crippen LogP contribution >= 0.6 is 11.8 Å². The molecule has 0 spiro atoms. The zero-order chi connectivity index (χ0) is 27.3. The van der Waals surface area contributed by atoms with E-state index >= 15 is 0 Å². The molecule has 39 heavy (non-hydrogen) atoms. The molecule has 5 rings (SSSR count). The lowest BCUT2D eigenvalue weighted by Gasteiger charge is -2.35. The second kappa shape index (κ2) is 11.9. The second-order valence-electron chi connectivity index (χ2n) is 9.25. The minimum absolute atomic E-state index is 0.0424. The molecule has 1 aliphatic heterocycles. The molecule has 0 aliphatic carbocycles. The molecule has 1 aliphatic rings. The Bertz CT molecular complexity index is 1540. The average molecular weight is 563 g/mol. The second-order valence-corrected chi connectivity index (χ2v) is 12.2. The largest absolute Gasteiger partial charge is 0.436 e. The quantitative estimate of drug-likeness (QED) is 0.244. The Kier molecular flexibility index (Phi) is 8.34. The molecule has 3 aromatic carbocycles. The van der Waals surface area contributed by atoms with E-state index in [0.29, 0.717) is 42.5 Å². The summed E-state index contributed by atoms with van der Waals surface area (Å²) in [5, 5.41) is 5.26. The van der Waals surface area contributed by atoms with Crippen LogP contribution in [0.1, 0.15) is 24.3 Å². The first kappa shape index (κ1) is 27.4. The van der Waals surface area contributed by atoms with E-state index in [4.69, 9.17) is 24.0 Å². The van der Waals surface area contributed by atoms with Gasteiger partial charge in [-0.25, -0.2) is 18.5 Å². The number of nitrogens with zero attached hydrogens (tertiary/aromatic N) is 1. The van der Waals surface area contributed by atoms with Crippen molar-refractivity contribution in [1.29, 1.82) is 0 Å². The first-order valence-electron chi connectivity index (χ1n) is 12.6. The van der Waals surface area contributed by atoms with Crippen molar-refractivity contribution in [3.8, 4) is 22.6 Å². The highest BCUT2D eigenvalue weighted by molar-refractivity contribution is 8.00. The van der Waals surface area contributed by atoms with Gasteiger partial charge in [0.1, 0.15) is 10.6 Å². The molecule has 0 bridgehead atoms. The van der Waals surface area contributed by atoms with Gasteiger partial charge in [-0.05, 0) is 54.5 Å². The van der Waals surface area contributed by atoms with Crippen LogP contribution in [0.5, 0.6) is 0 Å². The minimum atomic E-state index is -3.79. The third kappa shape index (κ3) is 6.69. The topological polar surface area (TPSA) is 105 Å². The molecule has 2 heterocycles. The van der Waals surface area contributed by atoms with Crippen LogP contribution < -0.4 is 5.14 Å². The van der Waals surface area contributed by atoms with Crippen molar-refractivity contribution in [1.82, 2.24) is 4.98 Å². The zero-order valence-electron chi connectivity index (χ0n) is 21.6. The number of rotatable bonds is 9. The van der Waals surface area contributed by atoms with Crippen LogP contribution in [0.2, 0.25) is 0 Å². The maximum atomic E-state index is 11.7. The number of allylic oxidation sites excluding steroid dienone is 1. The van der Waals surface area contributed by atoms with E-state index in [-0.39, 0.29) is 9.83 Å². The number of aromatic nitrogens is 1. The third-order valence-electron chi connectivity index (χ3n) is 6.58. The zero-order valence-corrected chi connectivity index (χ0v) is 23.2. The Morgan fingerprint density at radius 2 is 1.74 bits per heavy atom. The SMILES string of the molecule is COC1(Sc2cccc(CC=Cc3nc(-c4ccccc4)c(-c4ccc(S(N)(=O)=O)cc4)o3)c2)CCOCC1. The standard InChI is InChI=1S/C30H30N2O5S2/c1-35-30(17-19-36-20-18-30)38-25-11-5-7-22(21-25)8-6-12-27-32-28(23-9-3-2-4-10-23)29(37-27)24-13-15-26(16-14-24)39(31,33)34/h2-7,9-16,21H,8,17-20H2,1H3,(H2,31,33,34). The molecule has 0 radical (unpaired) electrons.